The zero-order chi connectivity index (χ0) is 25.5. The zero-order valence-corrected chi connectivity index (χ0v) is 21.0. The lowest BCUT2D eigenvalue weighted by atomic mass is 10.1. The van der Waals surface area contributed by atoms with Gasteiger partial charge >= 0.3 is 0 Å². The SMILES string of the molecule is O=C1/C(=C\c2cn(Cc3ccc([N+](=O)[O-])cc3)c3ccccc23)SC(=S)N1c1cccc2ccccc12. The Hall–Kier alpha value is -4.27. The van der Waals surface area contributed by atoms with Crippen LogP contribution >= 0.6 is 24.0 Å². The number of hydrogen-bond acceptors (Lipinski definition) is 5. The molecule has 8 heteroatoms. The molecule has 1 aliphatic heterocycles. The Labute approximate surface area is 222 Å². The highest BCUT2D eigenvalue weighted by molar-refractivity contribution is 8.27. The fourth-order valence-corrected chi connectivity index (χ4v) is 5.94. The van der Waals surface area contributed by atoms with E-state index in [1.165, 1.54) is 23.9 Å². The van der Waals surface area contributed by atoms with Gasteiger partial charge in [0.1, 0.15) is 0 Å². The highest BCUT2D eigenvalue weighted by Gasteiger charge is 2.34. The molecule has 1 saturated heterocycles. The van der Waals surface area contributed by atoms with Gasteiger partial charge in [0, 0.05) is 46.7 Å². The topological polar surface area (TPSA) is 68.4 Å². The molecule has 5 aromatic rings. The molecule has 1 amide bonds. The Morgan fingerprint density at radius 2 is 1.59 bits per heavy atom. The van der Waals surface area contributed by atoms with Crippen LogP contribution in [0.25, 0.3) is 27.8 Å². The number of nitro benzene ring substituents is 1. The van der Waals surface area contributed by atoms with Gasteiger partial charge in [-0.2, -0.15) is 0 Å². The largest absolute Gasteiger partial charge is 0.342 e. The van der Waals surface area contributed by atoms with Crippen LogP contribution in [-0.4, -0.2) is 19.7 Å². The molecule has 4 aromatic carbocycles. The van der Waals surface area contributed by atoms with Gasteiger partial charge in [-0.15, -0.1) is 0 Å². The zero-order valence-electron chi connectivity index (χ0n) is 19.4. The number of amides is 1. The number of thiocarbonyl (C=S) groups is 1. The maximum absolute atomic E-state index is 13.6. The van der Waals surface area contributed by atoms with Crippen molar-refractivity contribution in [2.75, 3.05) is 4.90 Å². The van der Waals surface area contributed by atoms with Gasteiger partial charge < -0.3 is 4.57 Å². The van der Waals surface area contributed by atoms with Gasteiger partial charge in [0.2, 0.25) is 0 Å². The number of rotatable bonds is 5. The summed E-state index contributed by atoms with van der Waals surface area (Å²) in [5.74, 6) is -0.140. The molecule has 0 bridgehead atoms. The summed E-state index contributed by atoms with van der Waals surface area (Å²) < 4.78 is 2.59. The molecule has 1 fully saturated rings. The number of nitro groups is 1. The maximum Gasteiger partial charge on any atom is 0.270 e. The third-order valence-electron chi connectivity index (χ3n) is 6.41. The molecule has 0 unspecified atom stereocenters. The summed E-state index contributed by atoms with van der Waals surface area (Å²) in [6.45, 7) is 0.545. The van der Waals surface area contributed by atoms with E-state index in [4.69, 9.17) is 12.2 Å². The van der Waals surface area contributed by atoms with Crippen LogP contribution < -0.4 is 4.90 Å². The molecule has 1 aliphatic rings. The number of carbonyl (C=O) groups excluding carboxylic acids is 1. The van der Waals surface area contributed by atoms with Gasteiger partial charge in [-0.3, -0.25) is 19.8 Å². The molecule has 0 saturated carbocycles. The van der Waals surface area contributed by atoms with Gasteiger partial charge in [0.15, 0.2) is 4.32 Å². The molecule has 6 nitrogen and oxygen atoms in total. The van der Waals surface area contributed by atoms with Crippen molar-refractivity contribution in [3.8, 4) is 0 Å². The van der Waals surface area contributed by atoms with Crippen LogP contribution in [0, 0.1) is 10.1 Å². The summed E-state index contributed by atoms with van der Waals surface area (Å²) >= 11 is 6.95. The van der Waals surface area contributed by atoms with Gasteiger partial charge in [-0.25, -0.2) is 0 Å². The molecule has 6 rings (SSSR count). The second kappa shape index (κ2) is 9.31. The molecule has 2 heterocycles. The van der Waals surface area contributed by atoms with Crippen molar-refractivity contribution < 1.29 is 9.72 Å². The highest BCUT2D eigenvalue weighted by atomic mass is 32.2. The molecule has 37 heavy (non-hydrogen) atoms. The van der Waals surface area contributed by atoms with Crippen LogP contribution in [0.5, 0.6) is 0 Å². The van der Waals surface area contributed by atoms with Crippen molar-refractivity contribution in [3.63, 3.8) is 0 Å². The first-order valence-corrected chi connectivity index (χ1v) is 12.8. The second-order valence-electron chi connectivity index (χ2n) is 8.67. The summed E-state index contributed by atoms with van der Waals surface area (Å²) in [5.41, 5.74) is 3.72. The van der Waals surface area contributed by atoms with E-state index in [1.54, 1.807) is 17.0 Å². The van der Waals surface area contributed by atoms with Crippen molar-refractivity contribution in [2.45, 2.75) is 6.54 Å². The molecule has 0 spiro atoms. The van der Waals surface area contributed by atoms with Crippen LogP contribution in [0.1, 0.15) is 11.1 Å². The van der Waals surface area contributed by atoms with Crippen LogP contribution in [-0.2, 0) is 11.3 Å². The van der Waals surface area contributed by atoms with Crippen molar-refractivity contribution in [1.29, 1.82) is 0 Å². The number of aromatic nitrogens is 1. The smallest absolute Gasteiger partial charge is 0.270 e. The molecule has 180 valence electrons. The lowest BCUT2D eigenvalue weighted by Gasteiger charge is -2.17. The molecular weight excluding hydrogens is 502 g/mol. The monoisotopic (exact) mass is 521 g/mol. The van der Waals surface area contributed by atoms with Crippen LogP contribution in [0.15, 0.2) is 102 Å². The lowest BCUT2D eigenvalue weighted by molar-refractivity contribution is -0.384. The molecular formula is C29H19N3O3S2. The number of fused-ring (bicyclic) bond motifs is 2. The Morgan fingerprint density at radius 3 is 2.38 bits per heavy atom. The normalized spacial score (nSPS) is 14.8. The van der Waals surface area contributed by atoms with Crippen LogP contribution in [0.3, 0.4) is 0 Å². The predicted octanol–water partition coefficient (Wildman–Crippen LogP) is 7.16. The van der Waals surface area contributed by atoms with E-state index in [9.17, 15) is 14.9 Å². The van der Waals surface area contributed by atoms with Gasteiger partial charge in [-0.05, 0) is 29.2 Å². The van der Waals surface area contributed by atoms with Crippen LogP contribution in [0.2, 0.25) is 0 Å². The molecule has 0 atom stereocenters. The average molecular weight is 522 g/mol. The molecule has 0 N–H and O–H groups in total. The molecule has 1 aromatic heterocycles. The second-order valence-corrected chi connectivity index (χ2v) is 10.3. The quantitative estimate of drug-likeness (QED) is 0.106. The molecule has 0 aliphatic carbocycles. The number of benzene rings is 4. The number of nitrogens with zero attached hydrogens (tertiary/aromatic N) is 3. The van der Waals surface area contributed by atoms with E-state index in [0.29, 0.717) is 15.8 Å². The minimum atomic E-state index is -0.401. The van der Waals surface area contributed by atoms with E-state index in [-0.39, 0.29) is 11.6 Å². The number of hydrogen-bond donors (Lipinski definition) is 0. The Kier molecular flexibility index (Phi) is 5.82. The summed E-state index contributed by atoms with van der Waals surface area (Å²) in [6, 6.07) is 28.4. The van der Waals surface area contributed by atoms with Gasteiger partial charge in [-0.1, -0.05) is 90.7 Å². The number of carbonyl (C=O) groups is 1. The first-order valence-electron chi connectivity index (χ1n) is 11.6. The van der Waals surface area contributed by atoms with E-state index >= 15 is 0 Å². The maximum atomic E-state index is 13.6. The van der Waals surface area contributed by atoms with E-state index in [2.05, 4.69) is 4.57 Å². The lowest BCUT2D eigenvalue weighted by Crippen LogP contribution is -2.27. The van der Waals surface area contributed by atoms with Crippen molar-refractivity contribution in [1.82, 2.24) is 4.57 Å². The molecule has 0 radical (unpaired) electrons. The first kappa shape index (κ1) is 23.1. The third-order valence-corrected chi connectivity index (χ3v) is 7.71. The van der Waals surface area contributed by atoms with Crippen molar-refractivity contribution >= 4 is 73.3 Å². The van der Waals surface area contributed by atoms with Crippen molar-refractivity contribution in [2.24, 2.45) is 0 Å². The highest BCUT2D eigenvalue weighted by Crippen LogP contribution is 2.39. The Morgan fingerprint density at radius 1 is 0.892 bits per heavy atom. The van der Waals surface area contributed by atoms with E-state index in [0.717, 1.165) is 38.5 Å². The van der Waals surface area contributed by atoms with Gasteiger partial charge in [0.05, 0.1) is 15.5 Å². The standard InChI is InChI=1S/C29H19N3O3S2/c33-28-27(37-29(36)31(28)26-11-5-7-20-6-1-2-8-23(20)26)16-21-18-30(25-10-4-3-9-24(21)25)17-19-12-14-22(15-13-19)32(34)35/h1-16,18H,17H2/b27-16+. The fraction of sp³-hybridized carbons (Fsp3) is 0.0345. The number of non-ortho nitro benzene ring substituents is 1. The minimum Gasteiger partial charge on any atom is -0.342 e. The fourth-order valence-electron chi connectivity index (χ4n) is 4.66. The number of thioether (sulfide) groups is 1. The summed E-state index contributed by atoms with van der Waals surface area (Å²) in [4.78, 5) is 26.3. The Bertz CT molecular complexity index is 1750. The first-order chi connectivity index (χ1) is 18.0. The van der Waals surface area contributed by atoms with Crippen LogP contribution in [0.4, 0.5) is 11.4 Å². The average Bonchev–Trinajstić information content (AvgIpc) is 3.39. The number of para-hydroxylation sites is 1. The van der Waals surface area contributed by atoms with E-state index < -0.39 is 4.92 Å². The summed E-state index contributed by atoms with van der Waals surface area (Å²) in [6.07, 6.45) is 3.91. The summed E-state index contributed by atoms with van der Waals surface area (Å²) in [7, 11) is 0. The number of anilines is 1. The predicted molar refractivity (Wildman–Crippen MR) is 154 cm³/mol. The van der Waals surface area contributed by atoms with Crippen molar-refractivity contribution in [3.05, 3.63) is 123 Å². The third kappa shape index (κ3) is 4.20. The van der Waals surface area contributed by atoms with Gasteiger partial charge in [0.25, 0.3) is 11.6 Å². The van der Waals surface area contributed by atoms with E-state index in [1.807, 2.05) is 79.0 Å². The Balaban J connectivity index is 1.36. The summed E-state index contributed by atoms with van der Waals surface area (Å²) in [5, 5.41) is 14.0. The minimum absolute atomic E-state index is 0.0648.